The van der Waals surface area contributed by atoms with Crippen LogP contribution in [0, 0.1) is 5.92 Å². The van der Waals surface area contributed by atoms with Crippen molar-refractivity contribution in [2.45, 2.75) is 26.4 Å². The van der Waals surface area contributed by atoms with Crippen LogP contribution in [0.4, 0.5) is 0 Å². The molecule has 0 spiro atoms. The molecule has 2 aromatic rings. The molecule has 0 bridgehead atoms. The number of hydrogen-bond acceptors (Lipinski definition) is 6. The highest BCUT2D eigenvalue weighted by Gasteiger charge is 2.19. The summed E-state index contributed by atoms with van der Waals surface area (Å²) < 4.78 is 15.8. The van der Waals surface area contributed by atoms with E-state index in [1.54, 1.807) is 26.4 Å². The van der Waals surface area contributed by atoms with E-state index in [0.29, 0.717) is 23.9 Å². The number of methoxy groups -OCH3 is 2. The fourth-order valence-electron chi connectivity index (χ4n) is 2.09. The number of carbonyl (C=O) groups is 1. The molecule has 0 radical (unpaired) electrons. The van der Waals surface area contributed by atoms with Gasteiger partial charge in [-0.05, 0) is 18.1 Å². The van der Waals surface area contributed by atoms with Gasteiger partial charge in [-0.3, -0.25) is 4.79 Å². The molecule has 1 atom stereocenters. The summed E-state index contributed by atoms with van der Waals surface area (Å²) in [5, 5.41) is 2.79. The summed E-state index contributed by atoms with van der Waals surface area (Å²) >= 11 is 0. The highest BCUT2D eigenvalue weighted by Crippen LogP contribution is 2.24. The van der Waals surface area contributed by atoms with Crippen molar-refractivity contribution >= 4 is 5.91 Å². The van der Waals surface area contributed by atoms with Crippen molar-refractivity contribution in [1.82, 2.24) is 10.3 Å². The van der Waals surface area contributed by atoms with Gasteiger partial charge in [-0.2, -0.15) is 0 Å². The molecule has 7 heteroatoms. The van der Waals surface area contributed by atoms with Crippen LogP contribution in [0.2, 0.25) is 0 Å². The van der Waals surface area contributed by atoms with Crippen LogP contribution in [0.5, 0.6) is 11.5 Å². The Kier molecular flexibility index (Phi) is 5.81. The number of amides is 1. The zero-order valence-electron chi connectivity index (χ0n) is 14.3. The van der Waals surface area contributed by atoms with Crippen LogP contribution >= 0.6 is 0 Å². The van der Waals surface area contributed by atoms with Crippen molar-refractivity contribution in [3.8, 4) is 11.5 Å². The van der Waals surface area contributed by atoms with Crippen molar-refractivity contribution in [2.75, 3.05) is 14.2 Å². The number of oxazole rings is 1. The van der Waals surface area contributed by atoms with Gasteiger partial charge in [0.1, 0.15) is 17.8 Å². The van der Waals surface area contributed by atoms with Gasteiger partial charge >= 0.3 is 0 Å². The molecule has 130 valence electrons. The molecule has 1 unspecified atom stereocenters. The summed E-state index contributed by atoms with van der Waals surface area (Å²) in [6.07, 6.45) is 1.32. The van der Waals surface area contributed by atoms with Gasteiger partial charge in [0.25, 0.3) is 5.91 Å². The lowest BCUT2D eigenvalue weighted by Gasteiger charge is -2.11. The molecule has 0 saturated heterocycles. The monoisotopic (exact) mass is 333 g/mol. The highest BCUT2D eigenvalue weighted by molar-refractivity contribution is 5.91. The molecule has 1 heterocycles. The van der Waals surface area contributed by atoms with Gasteiger partial charge in [-0.25, -0.2) is 4.98 Å². The van der Waals surface area contributed by atoms with Gasteiger partial charge in [0.15, 0.2) is 5.69 Å². The third kappa shape index (κ3) is 4.05. The normalized spacial score (nSPS) is 12.1. The predicted molar refractivity (Wildman–Crippen MR) is 89.0 cm³/mol. The first-order chi connectivity index (χ1) is 11.5. The molecule has 0 aliphatic carbocycles. The molecular formula is C17H23N3O4. The largest absolute Gasteiger partial charge is 0.497 e. The second-order valence-corrected chi connectivity index (χ2v) is 5.70. The summed E-state index contributed by atoms with van der Waals surface area (Å²) in [5.41, 5.74) is 7.00. The molecule has 1 amide bonds. The van der Waals surface area contributed by atoms with E-state index < -0.39 is 0 Å². The number of carbonyl (C=O) groups excluding carboxylic acids is 1. The molecule has 24 heavy (non-hydrogen) atoms. The van der Waals surface area contributed by atoms with Crippen LogP contribution in [0.15, 0.2) is 28.9 Å². The lowest BCUT2D eigenvalue weighted by molar-refractivity contribution is 0.0945. The minimum atomic E-state index is -0.340. The van der Waals surface area contributed by atoms with Crippen molar-refractivity contribution in [2.24, 2.45) is 11.7 Å². The van der Waals surface area contributed by atoms with Crippen LogP contribution < -0.4 is 20.5 Å². The van der Waals surface area contributed by atoms with Gasteiger partial charge in [0, 0.05) is 18.2 Å². The third-order valence-corrected chi connectivity index (χ3v) is 3.69. The van der Waals surface area contributed by atoms with Crippen LogP contribution in [0.1, 0.15) is 41.8 Å². The van der Waals surface area contributed by atoms with Crippen LogP contribution in [-0.2, 0) is 6.54 Å². The number of hydrogen-bond donors (Lipinski definition) is 2. The number of benzene rings is 1. The average Bonchev–Trinajstić information content (AvgIpc) is 3.08. The summed E-state index contributed by atoms with van der Waals surface area (Å²) in [6.45, 7) is 4.22. The number of ether oxygens (including phenoxy) is 2. The summed E-state index contributed by atoms with van der Waals surface area (Å²) in [6, 6.07) is 5.06. The lowest BCUT2D eigenvalue weighted by Crippen LogP contribution is -2.24. The molecular weight excluding hydrogens is 310 g/mol. The molecule has 0 saturated carbocycles. The van der Waals surface area contributed by atoms with E-state index in [9.17, 15) is 4.79 Å². The lowest BCUT2D eigenvalue weighted by atomic mass is 10.1. The number of rotatable bonds is 7. The van der Waals surface area contributed by atoms with E-state index in [1.165, 1.54) is 6.26 Å². The Bertz CT molecular complexity index is 697. The molecule has 7 nitrogen and oxygen atoms in total. The Morgan fingerprint density at radius 3 is 2.71 bits per heavy atom. The van der Waals surface area contributed by atoms with E-state index in [4.69, 9.17) is 19.6 Å². The van der Waals surface area contributed by atoms with Crippen molar-refractivity contribution in [3.63, 3.8) is 0 Å². The van der Waals surface area contributed by atoms with Gasteiger partial charge in [-0.1, -0.05) is 13.8 Å². The number of nitrogens with one attached hydrogen (secondary N) is 1. The Morgan fingerprint density at radius 1 is 1.33 bits per heavy atom. The maximum atomic E-state index is 12.2. The minimum Gasteiger partial charge on any atom is -0.497 e. The quantitative estimate of drug-likeness (QED) is 0.806. The first-order valence-electron chi connectivity index (χ1n) is 7.66. The second kappa shape index (κ2) is 7.83. The van der Waals surface area contributed by atoms with E-state index >= 15 is 0 Å². The molecule has 0 aliphatic rings. The zero-order chi connectivity index (χ0) is 17.7. The predicted octanol–water partition coefficient (Wildman–Crippen LogP) is 2.28. The topological polar surface area (TPSA) is 99.6 Å². The molecule has 2 rings (SSSR count). The Balaban J connectivity index is 2.03. The Labute approximate surface area is 141 Å². The second-order valence-electron chi connectivity index (χ2n) is 5.70. The standard InChI is InChI=1S/C17H23N3O4/c1-10(2)15(18)17-20-13(9-24-17)16(21)19-8-11-5-6-12(22-3)7-14(11)23-4/h5-7,9-10,15H,8,18H2,1-4H3,(H,19,21). The van der Waals surface area contributed by atoms with E-state index in [1.807, 2.05) is 19.9 Å². The van der Waals surface area contributed by atoms with E-state index in [0.717, 1.165) is 5.56 Å². The van der Waals surface area contributed by atoms with Gasteiger partial charge in [0.05, 0.1) is 20.3 Å². The number of aromatic nitrogens is 1. The van der Waals surface area contributed by atoms with Crippen molar-refractivity contribution in [1.29, 1.82) is 0 Å². The molecule has 0 aliphatic heterocycles. The summed E-state index contributed by atoms with van der Waals surface area (Å²) in [5.74, 6) is 1.52. The first kappa shape index (κ1) is 17.8. The SMILES string of the molecule is COc1ccc(CNC(=O)c2coc(C(N)C(C)C)n2)c(OC)c1. The molecule has 0 fully saturated rings. The van der Waals surface area contributed by atoms with Crippen molar-refractivity contribution in [3.05, 3.63) is 41.6 Å². The molecule has 3 N–H and O–H groups in total. The first-order valence-corrected chi connectivity index (χ1v) is 7.66. The number of nitrogens with zero attached hydrogens (tertiary/aromatic N) is 1. The summed E-state index contributed by atoms with van der Waals surface area (Å²) in [7, 11) is 3.15. The highest BCUT2D eigenvalue weighted by atomic mass is 16.5. The Hall–Kier alpha value is -2.54. The van der Waals surface area contributed by atoms with Crippen LogP contribution in [-0.4, -0.2) is 25.1 Å². The van der Waals surface area contributed by atoms with Gasteiger partial charge in [-0.15, -0.1) is 0 Å². The maximum absolute atomic E-state index is 12.2. The van der Waals surface area contributed by atoms with Crippen LogP contribution in [0.25, 0.3) is 0 Å². The zero-order valence-corrected chi connectivity index (χ0v) is 14.3. The minimum absolute atomic E-state index is 0.170. The summed E-state index contributed by atoms with van der Waals surface area (Å²) in [4.78, 5) is 16.4. The number of nitrogens with two attached hydrogens (primary N) is 1. The maximum Gasteiger partial charge on any atom is 0.273 e. The third-order valence-electron chi connectivity index (χ3n) is 3.69. The van der Waals surface area contributed by atoms with E-state index in [-0.39, 0.29) is 23.6 Å². The van der Waals surface area contributed by atoms with Crippen LogP contribution in [0.3, 0.4) is 0 Å². The fraction of sp³-hybridized carbons (Fsp3) is 0.412. The smallest absolute Gasteiger partial charge is 0.273 e. The Morgan fingerprint density at radius 2 is 2.08 bits per heavy atom. The van der Waals surface area contributed by atoms with E-state index in [2.05, 4.69) is 10.3 Å². The molecule has 1 aromatic heterocycles. The van der Waals surface area contributed by atoms with Gasteiger partial charge < -0.3 is 24.9 Å². The van der Waals surface area contributed by atoms with Crippen molar-refractivity contribution < 1.29 is 18.7 Å². The fourth-order valence-corrected chi connectivity index (χ4v) is 2.09. The van der Waals surface area contributed by atoms with Gasteiger partial charge in [0.2, 0.25) is 5.89 Å². The average molecular weight is 333 g/mol. The molecule has 1 aromatic carbocycles.